The van der Waals surface area contributed by atoms with Crippen molar-refractivity contribution in [3.63, 3.8) is 0 Å². The number of nitrogens with two attached hydrogens (primary N) is 2. The average molecular weight is 915 g/mol. The van der Waals surface area contributed by atoms with Gasteiger partial charge in [-0.25, -0.2) is 15.0 Å². The molecule has 0 fully saturated rings. The van der Waals surface area contributed by atoms with Gasteiger partial charge in [-0.05, 0) is 119 Å². The maximum Gasteiger partial charge on any atom is 0.225 e. The first-order chi connectivity index (χ1) is 26.3. The Morgan fingerprint density at radius 1 is 0.745 bits per heavy atom. The van der Waals surface area contributed by atoms with Gasteiger partial charge < -0.3 is 30.4 Å². The number of aliphatic imine (C=N–C) groups is 2. The van der Waals surface area contributed by atoms with Crippen molar-refractivity contribution in [2.24, 2.45) is 26.9 Å². The summed E-state index contributed by atoms with van der Waals surface area (Å²) in [4.78, 5) is 22.1. The van der Waals surface area contributed by atoms with Crippen molar-refractivity contribution in [3.8, 4) is 46.1 Å². The highest BCUT2D eigenvalue weighted by atomic mass is 127. The molecular weight excluding hydrogens is 880 g/mol. The lowest BCUT2D eigenvalue weighted by Crippen LogP contribution is -2.42. The van der Waals surface area contributed by atoms with E-state index >= 15 is 0 Å². The molecule has 4 aliphatic heterocycles. The van der Waals surface area contributed by atoms with E-state index < -0.39 is 17.0 Å². The number of benzene rings is 2. The summed E-state index contributed by atoms with van der Waals surface area (Å²) in [6, 6.07) is 18.7. The molecule has 4 aliphatic rings. The van der Waals surface area contributed by atoms with Crippen molar-refractivity contribution in [2.45, 2.75) is 31.8 Å². The quantitative estimate of drug-likeness (QED) is 0.0984. The average Bonchev–Trinajstić information content (AvgIpc) is 3.15. The summed E-state index contributed by atoms with van der Waals surface area (Å²) < 4.78 is 39.3. The molecule has 0 aliphatic carbocycles. The molecule has 0 saturated carbocycles. The summed E-state index contributed by atoms with van der Waals surface area (Å²) in [5, 5.41) is 0. The number of hydrogen-bond donors (Lipinski definition) is 2. The second-order valence-electron chi connectivity index (χ2n) is 14.4. The lowest BCUT2D eigenvalue weighted by atomic mass is 9.80. The number of aromatic nitrogens is 3. The van der Waals surface area contributed by atoms with E-state index in [-0.39, 0.29) is 18.6 Å². The maximum atomic E-state index is 13.8. The fourth-order valence-electron chi connectivity index (χ4n) is 6.88. The Hall–Kier alpha value is -4.95. The highest BCUT2D eigenvalue weighted by Crippen LogP contribution is 2.52. The molecule has 2 spiro atoms. The molecule has 9 rings (SSSR count). The third-order valence-corrected chi connectivity index (χ3v) is 10.4. The summed E-state index contributed by atoms with van der Waals surface area (Å²) in [6.07, 6.45) is 4.76. The van der Waals surface area contributed by atoms with E-state index in [9.17, 15) is 4.39 Å². The number of fused-ring (bicyclic) bond motifs is 8. The zero-order chi connectivity index (χ0) is 38.5. The third-order valence-electron chi connectivity index (χ3n) is 9.25. The van der Waals surface area contributed by atoms with E-state index in [2.05, 4.69) is 92.2 Å². The largest absolute Gasteiger partial charge is 0.455 e. The SMILES string of the molecule is CC(C)(C)C#Cc1ccc2c(c1)[C@@]1(COCC(N)=N1)c1cc(-c3ccnc(F)c3)cnc1O2.NC1=N[C@@]2(COC1)c1cc(I)ccc1Oc1cnc(Br)cc12. The van der Waals surface area contributed by atoms with E-state index in [0.717, 1.165) is 36.2 Å². The number of hydrogen-bond acceptors (Lipinski definition) is 11. The number of ether oxygens (including phenoxy) is 4. The van der Waals surface area contributed by atoms with Crippen molar-refractivity contribution < 1.29 is 23.3 Å². The van der Waals surface area contributed by atoms with Gasteiger partial charge in [0, 0.05) is 60.8 Å². The van der Waals surface area contributed by atoms with Gasteiger partial charge in [0.2, 0.25) is 11.8 Å². The first-order valence-electron chi connectivity index (χ1n) is 17.3. The van der Waals surface area contributed by atoms with E-state index in [0.29, 0.717) is 59.0 Å². The number of pyridine rings is 3. The standard InChI is InChI=1S/C26H23FN4O2.C15H11BrIN3O2/c1-25(2,3)8-6-16-4-5-21-19(10-16)26(15-32-14-23(28)31-26)20-11-18(13-30-24(20)33-21)17-7-9-29-22(27)12-17;16-13-4-10-12(5-19-13)22-11-2-1-8(17)3-9(11)15(10)7-21-6-14(18)20-15/h4-5,7,9-13H,14-15H2,1-3H3,(H2,28,31);1-5H,6-7H2,(H2,18,20)/t26-;15-/m00/s1. The predicted molar refractivity (Wildman–Crippen MR) is 218 cm³/mol. The smallest absolute Gasteiger partial charge is 0.225 e. The summed E-state index contributed by atoms with van der Waals surface area (Å²) in [6.45, 7) is 7.48. The normalized spacial score (nSPS) is 20.4. The first kappa shape index (κ1) is 37.0. The summed E-state index contributed by atoms with van der Waals surface area (Å²) >= 11 is 5.70. The van der Waals surface area contributed by atoms with Gasteiger partial charge in [0.25, 0.3) is 0 Å². The van der Waals surface area contributed by atoms with Crippen LogP contribution in [0.3, 0.4) is 0 Å². The number of rotatable bonds is 1. The third kappa shape index (κ3) is 7.17. The van der Waals surface area contributed by atoms with Gasteiger partial charge in [-0.1, -0.05) is 11.8 Å². The van der Waals surface area contributed by atoms with Gasteiger partial charge in [0.05, 0.1) is 19.4 Å². The molecule has 55 heavy (non-hydrogen) atoms. The topological polar surface area (TPSA) is 152 Å². The van der Waals surface area contributed by atoms with Crippen LogP contribution in [0.4, 0.5) is 4.39 Å². The van der Waals surface area contributed by atoms with Crippen molar-refractivity contribution in [1.29, 1.82) is 0 Å². The van der Waals surface area contributed by atoms with Crippen LogP contribution in [-0.2, 0) is 20.6 Å². The fraction of sp³-hybridized carbons (Fsp3) is 0.244. The Morgan fingerprint density at radius 2 is 1.42 bits per heavy atom. The number of nitrogens with zero attached hydrogens (tertiary/aromatic N) is 5. The van der Waals surface area contributed by atoms with Crippen LogP contribution in [0.15, 0.2) is 93.8 Å². The van der Waals surface area contributed by atoms with Crippen molar-refractivity contribution in [3.05, 3.63) is 121 Å². The Balaban J connectivity index is 0.000000168. The van der Waals surface area contributed by atoms with Gasteiger partial charge >= 0.3 is 0 Å². The maximum absolute atomic E-state index is 13.8. The van der Waals surface area contributed by atoms with Crippen LogP contribution in [0.5, 0.6) is 23.1 Å². The molecule has 0 unspecified atom stereocenters. The molecular formula is C41H34BrFIN7O4. The Morgan fingerprint density at radius 3 is 2.13 bits per heavy atom. The minimum Gasteiger partial charge on any atom is -0.455 e. The van der Waals surface area contributed by atoms with Crippen molar-refractivity contribution in [1.82, 2.24) is 15.0 Å². The Kier molecular flexibility index (Phi) is 9.61. The van der Waals surface area contributed by atoms with Crippen LogP contribution >= 0.6 is 38.5 Å². The van der Waals surface area contributed by atoms with E-state index in [1.165, 1.54) is 12.3 Å². The summed E-state index contributed by atoms with van der Waals surface area (Å²) in [7, 11) is 0. The highest BCUT2D eigenvalue weighted by Gasteiger charge is 2.47. The van der Waals surface area contributed by atoms with Gasteiger partial charge in [0.15, 0.2) is 5.75 Å². The van der Waals surface area contributed by atoms with E-state index in [1.54, 1.807) is 18.5 Å². The van der Waals surface area contributed by atoms with Crippen LogP contribution in [0, 0.1) is 26.8 Å². The molecule has 2 aromatic carbocycles. The fourth-order valence-corrected chi connectivity index (χ4v) is 7.70. The molecule has 7 heterocycles. The molecule has 11 nitrogen and oxygen atoms in total. The minimum atomic E-state index is -0.945. The van der Waals surface area contributed by atoms with Crippen molar-refractivity contribution in [2.75, 3.05) is 26.4 Å². The molecule has 4 N–H and O–H groups in total. The van der Waals surface area contributed by atoms with Crippen LogP contribution in [0.1, 0.15) is 48.6 Å². The molecule has 0 amide bonds. The zero-order valence-corrected chi connectivity index (χ0v) is 33.7. The monoisotopic (exact) mass is 913 g/mol. The molecule has 0 saturated heterocycles. The van der Waals surface area contributed by atoms with Crippen molar-refractivity contribution >= 4 is 50.2 Å². The summed E-state index contributed by atoms with van der Waals surface area (Å²) in [5.74, 6) is 9.29. The molecule has 3 aromatic heterocycles. The van der Waals surface area contributed by atoms with Crippen LogP contribution < -0.4 is 20.9 Å². The molecule has 278 valence electrons. The highest BCUT2D eigenvalue weighted by molar-refractivity contribution is 14.1. The number of halogens is 3. The first-order valence-corrected chi connectivity index (χ1v) is 19.1. The molecule has 0 bridgehead atoms. The van der Waals surface area contributed by atoms with Crippen LogP contribution in [0.25, 0.3) is 11.1 Å². The van der Waals surface area contributed by atoms with Gasteiger partial charge in [-0.2, -0.15) is 4.39 Å². The molecule has 14 heteroatoms. The van der Waals surface area contributed by atoms with E-state index in [4.69, 9.17) is 40.4 Å². The molecule has 5 aromatic rings. The second kappa shape index (κ2) is 14.3. The predicted octanol–water partition coefficient (Wildman–Crippen LogP) is 7.60. The lowest BCUT2D eigenvalue weighted by Gasteiger charge is -2.39. The van der Waals surface area contributed by atoms with Crippen LogP contribution in [0.2, 0.25) is 0 Å². The Labute approximate surface area is 339 Å². The van der Waals surface area contributed by atoms with Crippen LogP contribution in [-0.4, -0.2) is 53.1 Å². The van der Waals surface area contributed by atoms with Gasteiger partial charge in [-0.15, -0.1) is 0 Å². The van der Waals surface area contributed by atoms with Gasteiger partial charge in [-0.3, -0.25) is 9.98 Å². The lowest BCUT2D eigenvalue weighted by molar-refractivity contribution is 0.109. The molecule has 2 atom stereocenters. The molecule has 0 radical (unpaired) electrons. The van der Waals surface area contributed by atoms with E-state index in [1.807, 2.05) is 42.5 Å². The Bertz CT molecular complexity index is 2440. The van der Waals surface area contributed by atoms with Gasteiger partial charge in [0.1, 0.15) is 52.1 Å². The number of amidine groups is 2. The zero-order valence-electron chi connectivity index (χ0n) is 30.0. The minimum absolute atomic E-state index is 0.133. The summed E-state index contributed by atoms with van der Waals surface area (Å²) in [5.41, 5.74) is 16.0. The second-order valence-corrected chi connectivity index (χ2v) is 16.5.